The van der Waals surface area contributed by atoms with Gasteiger partial charge in [0.15, 0.2) is 0 Å². The van der Waals surface area contributed by atoms with Gasteiger partial charge in [-0.1, -0.05) is 18.2 Å². The number of nitrogens with zero attached hydrogens (tertiary/aromatic N) is 2. The Morgan fingerprint density at radius 3 is 2.87 bits per heavy atom. The van der Waals surface area contributed by atoms with Crippen molar-refractivity contribution in [3.05, 3.63) is 36.0 Å². The Hall–Kier alpha value is -1.79. The van der Waals surface area contributed by atoms with Crippen LogP contribution in [0, 0.1) is 11.3 Å². The fourth-order valence-electron chi connectivity index (χ4n) is 1.82. The Balaban J connectivity index is 2.54. The normalized spacial score (nSPS) is 12.6. The van der Waals surface area contributed by atoms with E-state index < -0.39 is 6.10 Å². The molecule has 1 aromatic carbocycles. The first-order valence-corrected chi connectivity index (χ1v) is 4.83. The van der Waals surface area contributed by atoms with E-state index in [0.29, 0.717) is 0 Å². The first-order valence-electron chi connectivity index (χ1n) is 4.83. The zero-order valence-corrected chi connectivity index (χ0v) is 8.51. The summed E-state index contributed by atoms with van der Waals surface area (Å²) in [5.74, 6) is 0. The van der Waals surface area contributed by atoms with E-state index in [1.165, 1.54) is 0 Å². The Morgan fingerprint density at radius 2 is 2.20 bits per heavy atom. The topological polar surface area (TPSA) is 49.0 Å². The summed E-state index contributed by atoms with van der Waals surface area (Å²) in [7, 11) is 1.90. The molecule has 0 aliphatic carbocycles. The lowest BCUT2D eigenvalue weighted by molar-refractivity contribution is 0.175. The van der Waals surface area contributed by atoms with Crippen molar-refractivity contribution in [2.45, 2.75) is 12.5 Å². The van der Waals surface area contributed by atoms with E-state index in [9.17, 15) is 5.11 Å². The van der Waals surface area contributed by atoms with Gasteiger partial charge in [0, 0.05) is 18.3 Å². The molecule has 3 heteroatoms. The van der Waals surface area contributed by atoms with Gasteiger partial charge in [0.1, 0.15) is 6.10 Å². The number of para-hydroxylation sites is 1. The molecular weight excluding hydrogens is 188 g/mol. The zero-order chi connectivity index (χ0) is 10.8. The number of aryl methyl sites for hydroxylation is 1. The third-order valence-corrected chi connectivity index (χ3v) is 2.61. The maximum absolute atomic E-state index is 9.76. The molecule has 1 aromatic heterocycles. The second kappa shape index (κ2) is 3.76. The summed E-state index contributed by atoms with van der Waals surface area (Å²) in [6.45, 7) is 0. The molecule has 0 fully saturated rings. The van der Waals surface area contributed by atoms with Crippen LogP contribution in [0.1, 0.15) is 18.2 Å². The van der Waals surface area contributed by atoms with Gasteiger partial charge in [0.05, 0.1) is 12.5 Å². The largest absolute Gasteiger partial charge is 0.386 e. The summed E-state index contributed by atoms with van der Waals surface area (Å²) in [5, 5.41) is 19.4. The van der Waals surface area contributed by atoms with Crippen molar-refractivity contribution in [2.75, 3.05) is 0 Å². The zero-order valence-electron chi connectivity index (χ0n) is 8.51. The minimum atomic E-state index is -0.701. The monoisotopic (exact) mass is 200 g/mol. The Bertz CT molecular complexity index is 522. The highest BCUT2D eigenvalue weighted by Crippen LogP contribution is 2.24. The summed E-state index contributed by atoms with van der Waals surface area (Å²) in [6.07, 6.45) is -0.572. The molecule has 0 saturated carbocycles. The van der Waals surface area contributed by atoms with Crippen molar-refractivity contribution in [3.8, 4) is 6.07 Å². The number of aliphatic hydroxyl groups is 1. The smallest absolute Gasteiger partial charge is 0.107 e. The van der Waals surface area contributed by atoms with E-state index in [-0.39, 0.29) is 6.42 Å². The van der Waals surface area contributed by atoms with E-state index in [4.69, 9.17) is 5.26 Å². The molecule has 0 aliphatic heterocycles. The fourth-order valence-corrected chi connectivity index (χ4v) is 1.82. The maximum Gasteiger partial charge on any atom is 0.107 e. The van der Waals surface area contributed by atoms with Crippen LogP contribution in [0.2, 0.25) is 0 Å². The molecule has 76 valence electrons. The second-order valence-electron chi connectivity index (χ2n) is 3.57. The average Bonchev–Trinajstić information content (AvgIpc) is 2.57. The molecule has 0 spiro atoms. The van der Waals surface area contributed by atoms with Crippen molar-refractivity contribution in [3.63, 3.8) is 0 Å². The van der Waals surface area contributed by atoms with Gasteiger partial charge in [-0.05, 0) is 17.5 Å². The first-order chi connectivity index (χ1) is 7.24. The van der Waals surface area contributed by atoms with Crippen molar-refractivity contribution in [2.24, 2.45) is 7.05 Å². The van der Waals surface area contributed by atoms with Gasteiger partial charge in [0.25, 0.3) is 0 Å². The molecule has 1 N–H and O–H groups in total. The summed E-state index contributed by atoms with van der Waals surface area (Å²) < 4.78 is 1.93. The molecule has 1 heterocycles. The molecular formula is C12H12N2O. The lowest BCUT2D eigenvalue weighted by atomic mass is 10.2. The molecule has 0 saturated heterocycles. The number of benzene rings is 1. The van der Waals surface area contributed by atoms with E-state index in [1.54, 1.807) is 0 Å². The van der Waals surface area contributed by atoms with E-state index in [0.717, 1.165) is 16.6 Å². The Morgan fingerprint density at radius 1 is 1.47 bits per heavy atom. The van der Waals surface area contributed by atoms with Gasteiger partial charge < -0.3 is 9.67 Å². The summed E-state index contributed by atoms with van der Waals surface area (Å²) in [6, 6.07) is 11.8. The van der Waals surface area contributed by atoms with Crippen molar-refractivity contribution in [1.82, 2.24) is 4.57 Å². The Kier molecular flexibility index (Phi) is 2.44. The van der Waals surface area contributed by atoms with Crippen LogP contribution in [0.4, 0.5) is 0 Å². The number of nitriles is 1. The van der Waals surface area contributed by atoms with Gasteiger partial charge in [-0.2, -0.15) is 5.26 Å². The molecule has 1 atom stereocenters. The van der Waals surface area contributed by atoms with Gasteiger partial charge in [-0.25, -0.2) is 0 Å². The standard InChI is InChI=1S/C12H12N2O/c1-14-10-5-3-2-4-9(10)8-11(14)12(15)6-7-13/h2-5,8,12,15H,6H2,1H3. The summed E-state index contributed by atoms with van der Waals surface area (Å²) in [5.41, 5.74) is 1.86. The van der Waals surface area contributed by atoms with Gasteiger partial charge in [-0.3, -0.25) is 0 Å². The molecule has 1 unspecified atom stereocenters. The number of hydrogen-bond donors (Lipinski definition) is 1. The van der Waals surface area contributed by atoms with Crippen LogP contribution in [0.3, 0.4) is 0 Å². The highest BCUT2D eigenvalue weighted by Gasteiger charge is 2.13. The van der Waals surface area contributed by atoms with Crippen LogP contribution in [0.5, 0.6) is 0 Å². The third kappa shape index (κ3) is 1.60. The fraction of sp³-hybridized carbons (Fsp3) is 0.250. The number of fused-ring (bicyclic) bond motifs is 1. The van der Waals surface area contributed by atoms with Crippen LogP contribution >= 0.6 is 0 Å². The van der Waals surface area contributed by atoms with Gasteiger partial charge in [-0.15, -0.1) is 0 Å². The van der Waals surface area contributed by atoms with E-state index in [1.807, 2.05) is 48.0 Å². The summed E-state index contributed by atoms with van der Waals surface area (Å²) in [4.78, 5) is 0. The first kappa shape index (κ1) is 9.75. The molecule has 0 aliphatic rings. The molecule has 2 rings (SSSR count). The number of aromatic nitrogens is 1. The second-order valence-corrected chi connectivity index (χ2v) is 3.57. The van der Waals surface area contributed by atoms with Crippen LogP contribution in [-0.4, -0.2) is 9.67 Å². The van der Waals surface area contributed by atoms with Crippen LogP contribution in [0.15, 0.2) is 30.3 Å². The minimum absolute atomic E-state index is 0.129. The SMILES string of the molecule is Cn1c(C(O)CC#N)cc2ccccc21. The number of rotatable bonds is 2. The molecule has 0 bridgehead atoms. The van der Waals surface area contributed by atoms with E-state index >= 15 is 0 Å². The molecule has 0 amide bonds. The quantitative estimate of drug-likeness (QED) is 0.807. The lowest BCUT2D eigenvalue weighted by Crippen LogP contribution is -2.02. The lowest BCUT2D eigenvalue weighted by Gasteiger charge is -2.07. The number of hydrogen-bond acceptors (Lipinski definition) is 2. The molecule has 15 heavy (non-hydrogen) atoms. The molecule has 3 nitrogen and oxygen atoms in total. The maximum atomic E-state index is 9.76. The van der Waals surface area contributed by atoms with E-state index in [2.05, 4.69) is 0 Å². The van der Waals surface area contributed by atoms with Crippen LogP contribution in [-0.2, 0) is 7.05 Å². The number of aliphatic hydroxyl groups excluding tert-OH is 1. The van der Waals surface area contributed by atoms with Crippen LogP contribution in [0.25, 0.3) is 10.9 Å². The predicted molar refractivity (Wildman–Crippen MR) is 58.1 cm³/mol. The average molecular weight is 200 g/mol. The van der Waals surface area contributed by atoms with Crippen molar-refractivity contribution >= 4 is 10.9 Å². The highest BCUT2D eigenvalue weighted by atomic mass is 16.3. The Labute approximate surface area is 88.2 Å². The van der Waals surface area contributed by atoms with Crippen molar-refractivity contribution in [1.29, 1.82) is 5.26 Å². The molecule has 2 aromatic rings. The summed E-state index contributed by atoms with van der Waals surface area (Å²) >= 11 is 0. The highest BCUT2D eigenvalue weighted by molar-refractivity contribution is 5.81. The van der Waals surface area contributed by atoms with Gasteiger partial charge >= 0.3 is 0 Å². The third-order valence-electron chi connectivity index (χ3n) is 2.61. The van der Waals surface area contributed by atoms with Gasteiger partial charge in [0.2, 0.25) is 0 Å². The minimum Gasteiger partial charge on any atom is -0.386 e. The van der Waals surface area contributed by atoms with Crippen molar-refractivity contribution < 1.29 is 5.11 Å². The molecule has 0 radical (unpaired) electrons. The van der Waals surface area contributed by atoms with Crippen LogP contribution < -0.4 is 0 Å². The predicted octanol–water partition coefficient (Wildman–Crippen LogP) is 2.13.